The first kappa shape index (κ1) is 24.2. The van der Waals surface area contributed by atoms with E-state index < -0.39 is 17.7 Å². The van der Waals surface area contributed by atoms with E-state index in [1.807, 2.05) is 55.5 Å². The molecule has 0 aliphatic carbocycles. The van der Waals surface area contributed by atoms with Crippen molar-refractivity contribution in [1.82, 2.24) is 4.90 Å². The summed E-state index contributed by atoms with van der Waals surface area (Å²) in [6, 6.07) is 23.6. The van der Waals surface area contributed by atoms with Gasteiger partial charge >= 0.3 is 0 Å². The molecule has 0 saturated carbocycles. The number of hydrogen-bond acceptors (Lipinski definition) is 5. The Kier molecular flexibility index (Phi) is 7.63. The van der Waals surface area contributed by atoms with Gasteiger partial charge in [0.05, 0.1) is 11.6 Å². The number of ketones is 1. The van der Waals surface area contributed by atoms with Gasteiger partial charge in [-0.15, -0.1) is 0 Å². The molecule has 0 radical (unpaired) electrons. The second-order valence-corrected chi connectivity index (χ2v) is 8.55. The largest absolute Gasteiger partial charge is 0.507 e. The van der Waals surface area contributed by atoms with Gasteiger partial charge in [0.1, 0.15) is 18.1 Å². The van der Waals surface area contributed by atoms with Crippen molar-refractivity contribution in [3.63, 3.8) is 0 Å². The Bertz CT molecular complexity index is 1220. The van der Waals surface area contributed by atoms with E-state index in [9.17, 15) is 14.7 Å². The van der Waals surface area contributed by atoms with Crippen molar-refractivity contribution in [3.05, 3.63) is 107 Å². The molecule has 1 N–H and O–H groups in total. The van der Waals surface area contributed by atoms with Crippen LogP contribution in [0.5, 0.6) is 5.75 Å². The first-order valence-corrected chi connectivity index (χ1v) is 11.6. The van der Waals surface area contributed by atoms with Crippen molar-refractivity contribution < 1.29 is 24.2 Å². The summed E-state index contributed by atoms with van der Waals surface area (Å²) in [5.41, 5.74) is 3.53. The molecule has 35 heavy (non-hydrogen) atoms. The highest BCUT2D eigenvalue weighted by Crippen LogP contribution is 2.39. The minimum Gasteiger partial charge on any atom is -0.507 e. The Morgan fingerprint density at radius 3 is 2.40 bits per heavy atom. The van der Waals surface area contributed by atoms with Crippen LogP contribution in [-0.2, 0) is 20.9 Å². The van der Waals surface area contributed by atoms with Gasteiger partial charge in [0.15, 0.2) is 0 Å². The number of aryl methyl sites for hydroxylation is 1. The van der Waals surface area contributed by atoms with Crippen LogP contribution in [0.1, 0.15) is 34.7 Å². The molecule has 1 amide bonds. The van der Waals surface area contributed by atoms with Crippen molar-refractivity contribution >= 4 is 17.4 Å². The van der Waals surface area contributed by atoms with Gasteiger partial charge in [-0.05, 0) is 48.7 Å². The zero-order chi connectivity index (χ0) is 24.8. The molecule has 0 bridgehead atoms. The Balaban J connectivity index is 1.61. The van der Waals surface area contributed by atoms with Crippen molar-refractivity contribution in [2.45, 2.75) is 26.0 Å². The molecule has 1 saturated heterocycles. The summed E-state index contributed by atoms with van der Waals surface area (Å²) < 4.78 is 11.0. The van der Waals surface area contributed by atoms with Crippen LogP contribution in [-0.4, -0.2) is 42.0 Å². The molecule has 1 atom stereocenters. The van der Waals surface area contributed by atoms with Crippen LogP contribution >= 0.6 is 0 Å². The average molecular weight is 472 g/mol. The standard InChI is InChI=1S/C29H29NO5/c1-20-8-6-9-21(18-20)19-35-24-14-12-23(13-15-24)27(31)25-26(22-10-4-3-5-11-22)30(16-7-17-34-2)29(33)28(25)32/h3-6,8-15,18,26,31H,7,16-17,19H2,1-2H3/t26-/m1/s1. The van der Waals surface area contributed by atoms with Crippen molar-refractivity contribution in [2.75, 3.05) is 20.3 Å². The monoisotopic (exact) mass is 471 g/mol. The molecular formula is C29H29NO5. The molecule has 180 valence electrons. The number of carbonyl (C=O) groups is 2. The fraction of sp³-hybridized carbons (Fsp3) is 0.241. The van der Waals surface area contributed by atoms with Gasteiger partial charge in [-0.1, -0.05) is 60.2 Å². The summed E-state index contributed by atoms with van der Waals surface area (Å²) in [5, 5.41) is 11.2. The number of benzene rings is 3. The van der Waals surface area contributed by atoms with E-state index in [1.54, 1.807) is 31.4 Å². The lowest BCUT2D eigenvalue weighted by Crippen LogP contribution is -2.31. The van der Waals surface area contributed by atoms with Gasteiger partial charge < -0.3 is 19.5 Å². The maximum absolute atomic E-state index is 13.0. The molecule has 6 nitrogen and oxygen atoms in total. The van der Waals surface area contributed by atoms with Gasteiger partial charge in [0.2, 0.25) is 0 Å². The Morgan fingerprint density at radius 2 is 1.71 bits per heavy atom. The zero-order valence-corrected chi connectivity index (χ0v) is 19.9. The third-order valence-corrected chi connectivity index (χ3v) is 6.02. The minimum absolute atomic E-state index is 0.0899. The fourth-order valence-corrected chi connectivity index (χ4v) is 4.30. The summed E-state index contributed by atoms with van der Waals surface area (Å²) >= 11 is 0. The van der Waals surface area contributed by atoms with E-state index in [1.165, 1.54) is 4.90 Å². The molecule has 3 aromatic carbocycles. The Morgan fingerprint density at radius 1 is 0.971 bits per heavy atom. The third-order valence-electron chi connectivity index (χ3n) is 6.02. The number of Topliss-reactive ketones (excluding diaryl/α,β-unsaturated/α-hetero) is 1. The van der Waals surface area contributed by atoms with Gasteiger partial charge in [0, 0.05) is 25.8 Å². The molecule has 1 aliphatic rings. The molecule has 0 unspecified atom stereocenters. The number of nitrogens with zero attached hydrogens (tertiary/aromatic N) is 1. The quantitative estimate of drug-likeness (QED) is 0.205. The summed E-state index contributed by atoms with van der Waals surface area (Å²) in [6.07, 6.45) is 0.583. The molecule has 6 heteroatoms. The molecule has 1 heterocycles. The molecular weight excluding hydrogens is 442 g/mol. The number of hydrogen-bond donors (Lipinski definition) is 1. The second-order valence-electron chi connectivity index (χ2n) is 8.55. The maximum atomic E-state index is 13.0. The number of methoxy groups -OCH3 is 1. The van der Waals surface area contributed by atoms with Gasteiger partial charge in [-0.3, -0.25) is 9.59 Å². The molecule has 0 aromatic heterocycles. The van der Waals surface area contributed by atoms with E-state index in [0.29, 0.717) is 37.5 Å². The number of aliphatic hydroxyl groups excluding tert-OH is 1. The lowest BCUT2D eigenvalue weighted by Gasteiger charge is -2.25. The third kappa shape index (κ3) is 5.44. The Hall–Kier alpha value is -3.90. The highest BCUT2D eigenvalue weighted by molar-refractivity contribution is 6.46. The summed E-state index contributed by atoms with van der Waals surface area (Å²) in [4.78, 5) is 27.4. The second kappa shape index (κ2) is 11.0. The fourth-order valence-electron chi connectivity index (χ4n) is 4.30. The van der Waals surface area contributed by atoms with Crippen LogP contribution in [0.2, 0.25) is 0 Å². The summed E-state index contributed by atoms with van der Waals surface area (Å²) in [6.45, 7) is 3.27. The Labute approximate surface area is 205 Å². The van der Waals surface area contributed by atoms with Crippen molar-refractivity contribution in [1.29, 1.82) is 0 Å². The lowest BCUT2D eigenvalue weighted by molar-refractivity contribution is -0.140. The van der Waals surface area contributed by atoms with Crippen LogP contribution in [0.3, 0.4) is 0 Å². The van der Waals surface area contributed by atoms with E-state index >= 15 is 0 Å². The molecule has 3 aromatic rings. The number of aliphatic hydroxyl groups is 1. The van der Waals surface area contributed by atoms with Gasteiger partial charge in [-0.2, -0.15) is 0 Å². The SMILES string of the molecule is COCCCN1C(=O)C(=O)C(=C(O)c2ccc(OCc3cccc(C)c3)cc2)[C@H]1c1ccccc1. The normalized spacial score (nSPS) is 17.1. The number of amides is 1. The van der Waals surface area contributed by atoms with Crippen LogP contribution in [0, 0.1) is 6.92 Å². The molecule has 4 rings (SSSR count). The average Bonchev–Trinajstić information content (AvgIpc) is 3.13. The summed E-state index contributed by atoms with van der Waals surface area (Å²) in [7, 11) is 1.59. The highest BCUT2D eigenvalue weighted by Gasteiger charge is 2.45. The summed E-state index contributed by atoms with van der Waals surface area (Å²) in [5.74, 6) is -0.859. The van der Waals surface area contributed by atoms with E-state index in [2.05, 4.69) is 6.07 Å². The highest BCUT2D eigenvalue weighted by atomic mass is 16.5. The van der Waals surface area contributed by atoms with Gasteiger partial charge in [0.25, 0.3) is 11.7 Å². The maximum Gasteiger partial charge on any atom is 0.295 e. The first-order valence-electron chi connectivity index (χ1n) is 11.6. The predicted molar refractivity (Wildman–Crippen MR) is 134 cm³/mol. The molecule has 1 aliphatic heterocycles. The zero-order valence-electron chi connectivity index (χ0n) is 19.9. The number of rotatable bonds is 9. The van der Waals surface area contributed by atoms with Gasteiger partial charge in [-0.25, -0.2) is 0 Å². The minimum atomic E-state index is -0.687. The first-order chi connectivity index (χ1) is 17.0. The molecule has 0 spiro atoms. The number of carbonyl (C=O) groups excluding carboxylic acids is 2. The van der Waals surface area contributed by atoms with Crippen LogP contribution < -0.4 is 4.74 Å². The molecule has 1 fully saturated rings. The number of ether oxygens (including phenoxy) is 2. The number of likely N-dealkylation sites (tertiary alicyclic amines) is 1. The van der Waals surface area contributed by atoms with Crippen molar-refractivity contribution in [2.24, 2.45) is 0 Å². The van der Waals surface area contributed by atoms with E-state index in [0.717, 1.165) is 16.7 Å². The van der Waals surface area contributed by atoms with Crippen LogP contribution in [0.15, 0.2) is 84.4 Å². The lowest BCUT2D eigenvalue weighted by atomic mass is 9.95. The smallest absolute Gasteiger partial charge is 0.295 e. The van der Waals surface area contributed by atoms with E-state index in [4.69, 9.17) is 9.47 Å². The van der Waals surface area contributed by atoms with Crippen LogP contribution in [0.25, 0.3) is 5.76 Å². The van der Waals surface area contributed by atoms with Crippen molar-refractivity contribution in [3.8, 4) is 5.75 Å². The predicted octanol–water partition coefficient (Wildman–Crippen LogP) is 5.03. The topological polar surface area (TPSA) is 76.1 Å². The van der Waals surface area contributed by atoms with Crippen LogP contribution in [0.4, 0.5) is 0 Å². The van der Waals surface area contributed by atoms with E-state index in [-0.39, 0.29) is 11.3 Å².